The summed E-state index contributed by atoms with van der Waals surface area (Å²) in [5.74, 6) is 1.14. The van der Waals surface area contributed by atoms with E-state index in [9.17, 15) is 4.79 Å². The van der Waals surface area contributed by atoms with Crippen LogP contribution in [-0.2, 0) is 4.79 Å². The molecule has 0 saturated carbocycles. The first-order valence-electron chi connectivity index (χ1n) is 8.55. The lowest BCUT2D eigenvalue weighted by Crippen LogP contribution is -2.15. The van der Waals surface area contributed by atoms with Gasteiger partial charge < -0.3 is 19.8 Å². The van der Waals surface area contributed by atoms with Crippen molar-refractivity contribution >= 4 is 57.0 Å². The van der Waals surface area contributed by atoms with E-state index < -0.39 is 0 Å². The Bertz CT molecular complexity index is 1210. The zero-order valence-corrected chi connectivity index (χ0v) is 17.1. The number of hydrogen-bond donors (Lipinski definition) is 2. The van der Waals surface area contributed by atoms with Crippen molar-refractivity contribution in [1.82, 2.24) is 20.2 Å². The highest BCUT2D eigenvalue weighted by atomic mass is 35.5. The molecule has 29 heavy (non-hydrogen) atoms. The number of thioether (sulfide) groups is 1. The molecule has 0 aliphatic carbocycles. The van der Waals surface area contributed by atoms with Crippen molar-refractivity contribution in [2.75, 3.05) is 25.3 Å². The topological polar surface area (TPSA) is 102 Å². The van der Waals surface area contributed by atoms with Gasteiger partial charge in [0.2, 0.25) is 11.1 Å². The maximum absolute atomic E-state index is 12.3. The van der Waals surface area contributed by atoms with Crippen LogP contribution in [0.15, 0.2) is 41.6 Å². The van der Waals surface area contributed by atoms with Crippen molar-refractivity contribution in [3.05, 3.63) is 41.4 Å². The molecule has 0 fully saturated rings. The molecular weight excluding hydrogens is 414 g/mol. The van der Waals surface area contributed by atoms with Gasteiger partial charge in [-0.1, -0.05) is 35.5 Å². The molecule has 0 saturated heterocycles. The summed E-state index contributed by atoms with van der Waals surface area (Å²) in [5.41, 5.74) is 2.38. The van der Waals surface area contributed by atoms with Gasteiger partial charge in [-0.3, -0.25) is 4.79 Å². The number of anilines is 1. The Kier molecular flexibility index (Phi) is 5.41. The van der Waals surface area contributed by atoms with Crippen LogP contribution in [0.5, 0.6) is 11.5 Å². The van der Waals surface area contributed by atoms with Crippen LogP contribution in [0.2, 0.25) is 5.02 Å². The van der Waals surface area contributed by atoms with Crippen LogP contribution in [0.4, 0.5) is 5.69 Å². The van der Waals surface area contributed by atoms with Crippen molar-refractivity contribution in [2.24, 2.45) is 0 Å². The molecule has 0 radical (unpaired) electrons. The van der Waals surface area contributed by atoms with Crippen molar-refractivity contribution in [3.8, 4) is 11.5 Å². The number of methoxy groups -OCH3 is 2. The maximum Gasteiger partial charge on any atom is 0.234 e. The number of aromatic amines is 1. The molecule has 4 rings (SSSR count). The largest absolute Gasteiger partial charge is 0.495 e. The van der Waals surface area contributed by atoms with E-state index >= 15 is 0 Å². The van der Waals surface area contributed by atoms with Gasteiger partial charge in [0, 0.05) is 0 Å². The first kappa shape index (κ1) is 19.3. The van der Waals surface area contributed by atoms with Crippen molar-refractivity contribution in [2.45, 2.75) is 5.16 Å². The average molecular weight is 430 g/mol. The van der Waals surface area contributed by atoms with Crippen molar-refractivity contribution < 1.29 is 14.3 Å². The van der Waals surface area contributed by atoms with Gasteiger partial charge in [-0.25, -0.2) is 4.98 Å². The Balaban J connectivity index is 1.53. The zero-order valence-electron chi connectivity index (χ0n) is 15.5. The standard InChI is InChI=1S/C19H16ClN5O3S/c1-27-12-6-4-3-5-11(12)21-14(26)9-29-19-23-18-17(24-25-19)15-10(20)7-8-13(28-2)16(15)22-18/h3-8H,9H2,1-2H3,(H,21,26)(H,22,23,25). The van der Waals surface area contributed by atoms with Gasteiger partial charge in [0.15, 0.2) is 5.65 Å². The number of nitrogens with one attached hydrogen (secondary N) is 2. The number of ether oxygens (including phenoxy) is 2. The molecule has 2 heterocycles. The van der Waals surface area contributed by atoms with E-state index in [4.69, 9.17) is 21.1 Å². The average Bonchev–Trinajstić information content (AvgIpc) is 3.12. The zero-order chi connectivity index (χ0) is 20.4. The third kappa shape index (κ3) is 3.79. The van der Waals surface area contributed by atoms with Gasteiger partial charge in [0.25, 0.3) is 0 Å². The Labute approximate surface area is 175 Å². The predicted octanol–water partition coefficient (Wildman–Crippen LogP) is 3.91. The molecule has 2 aromatic heterocycles. The highest BCUT2D eigenvalue weighted by molar-refractivity contribution is 7.99. The number of hydrogen-bond acceptors (Lipinski definition) is 7. The SMILES string of the molecule is COc1ccccc1NC(=O)CSc1nnc2c(n1)[nH]c1c(OC)ccc(Cl)c12. The van der Waals surface area contributed by atoms with E-state index in [1.807, 2.05) is 12.1 Å². The number of H-pyrrole nitrogens is 1. The highest BCUT2D eigenvalue weighted by Crippen LogP contribution is 2.35. The second kappa shape index (κ2) is 8.14. The van der Waals surface area contributed by atoms with E-state index in [-0.39, 0.29) is 11.7 Å². The first-order valence-corrected chi connectivity index (χ1v) is 9.91. The molecule has 2 N–H and O–H groups in total. The molecule has 0 unspecified atom stereocenters. The molecule has 148 valence electrons. The minimum Gasteiger partial charge on any atom is -0.495 e. The van der Waals surface area contributed by atoms with Gasteiger partial charge >= 0.3 is 0 Å². The van der Waals surface area contributed by atoms with Crippen LogP contribution in [-0.4, -0.2) is 46.0 Å². The molecular formula is C19H16ClN5O3S. The monoisotopic (exact) mass is 429 g/mol. The minimum absolute atomic E-state index is 0.121. The third-order valence-electron chi connectivity index (χ3n) is 4.20. The van der Waals surface area contributed by atoms with Gasteiger partial charge in [-0.2, -0.15) is 0 Å². The van der Waals surface area contributed by atoms with Crippen LogP contribution >= 0.6 is 23.4 Å². The summed E-state index contributed by atoms with van der Waals surface area (Å²) in [5, 5.41) is 12.8. The summed E-state index contributed by atoms with van der Waals surface area (Å²) in [6.07, 6.45) is 0. The Hall–Kier alpha value is -3.04. The van der Waals surface area contributed by atoms with Gasteiger partial charge in [-0.05, 0) is 24.3 Å². The molecule has 2 aromatic carbocycles. The van der Waals surface area contributed by atoms with E-state index in [1.165, 1.54) is 11.8 Å². The van der Waals surface area contributed by atoms with Crippen LogP contribution in [0.25, 0.3) is 22.1 Å². The van der Waals surface area contributed by atoms with E-state index in [2.05, 4.69) is 25.5 Å². The first-order chi connectivity index (χ1) is 14.1. The fraction of sp³-hybridized carbons (Fsp3) is 0.158. The van der Waals surface area contributed by atoms with Gasteiger partial charge in [0.1, 0.15) is 17.0 Å². The molecule has 0 spiro atoms. The number of rotatable bonds is 6. The molecule has 1 amide bonds. The normalized spacial score (nSPS) is 11.0. The summed E-state index contributed by atoms with van der Waals surface area (Å²) >= 11 is 7.49. The molecule has 0 atom stereocenters. The highest BCUT2D eigenvalue weighted by Gasteiger charge is 2.16. The van der Waals surface area contributed by atoms with Crippen LogP contribution < -0.4 is 14.8 Å². The Morgan fingerprint density at radius 3 is 2.72 bits per heavy atom. The summed E-state index contributed by atoms with van der Waals surface area (Å²) in [6, 6.07) is 10.7. The number of para-hydroxylation sites is 2. The van der Waals surface area contributed by atoms with Gasteiger partial charge in [0.05, 0.1) is 41.6 Å². The Morgan fingerprint density at radius 1 is 1.14 bits per heavy atom. The predicted molar refractivity (Wildman–Crippen MR) is 113 cm³/mol. The molecule has 10 heteroatoms. The number of carbonyl (C=O) groups excluding carboxylic acids is 1. The lowest BCUT2D eigenvalue weighted by Gasteiger charge is -2.09. The smallest absolute Gasteiger partial charge is 0.234 e. The van der Waals surface area contributed by atoms with Crippen molar-refractivity contribution in [1.29, 1.82) is 0 Å². The number of aromatic nitrogens is 4. The lowest BCUT2D eigenvalue weighted by atomic mass is 10.2. The van der Waals surface area contributed by atoms with E-state index in [0.717, 1.165) is 0 Å². The van der Waals surface area contributed by atoms with Crippen LogP contribution in [0.3, 0.4) is 0 Å². The fourth-order valence-corrected chi connectivity index (χ4v) is 3.73. The number of fused-ring (bicyclic) bond motifs is 3. The third-order valence-corrected chi connectivity index (χ3v) is 5.35. The molecule has 0 aliphatic rings. The maximum atomic E-state index is 12.3. The molecule has 0 bridgehead atoms. The molecule has 8 nitrogen and oxygen atoms in total. The quantitative estimate of drug-likeness (QED) is 0.448. The number of nitrogens with zero attached hydrogens (tertiary/aromatic N) is 3. The van der Waals surface area contributed by atoms with Crippen LogP contribution in [0.1, 0.15) is 0 Å². The van der Waals surface area contributed by atoms with E-state index in [1.54, 1.807) is 38.5 Å². The summed E-state index contributed by atoms with van der Waals surface area (Å²) in [4.78, 5) is 19.9. The lowest BCUT2D eigenvalue weighted by molar-refractivity contribution is -0.113. The fourth-order valence-electron chi connectivity index (χ4n) is 2.89. The Morgan fingerprint density at radius 2 is 1.93 bits per heavy atom. The number of amides is 1. The van der Waals surface area contributed by atoms with Gasteiger partial charge in [-0.15, -0.1) is 10.2 Å². The molecule has 0 aliphatic heterocycles. The number of carbonyl (C=O) groups is 1. The number of benzene rings is 2. The van der Waals surface area contributed by atoms with Crippen molar-refractivity contribution in [3.63, 3.8) is 0 Å². The molecule has 4 aromatic rings. The summed E-state index contributed by atoms with van der Waals surface area (Å²) in [6.45, 7) is 0. The summed E-state index contributed by atoms with van der Waals surface area (Å²) < 4.78 is 10.6. The minimum atomic E-state index is -0.204. The van der Waals surface area contributed by atoms with E-state index in [0.29, 0.717) is 49.4 Å². The second-order valence-corrected chi connectivity index (χ2v) is 7.30. The second-order valence-electron chi connectivity index (χ2n) is 5.95. The summed E-state index contributed by atoms with van der Waals surface area (Å²) in [7, 11) is 3.13. The number of halogens is 1. The van der Waals surface area contributed by atoms with Crippen LogP contribution in [0, 0.1) is 0 Å².